The van der Waals surface area contributed by atoms with E-state index in [2.05, 4.69) is 16.0 Å². The molecule has 0 saturated heterocycles. The van der Waals surface area contributed by atoms with E-state index < -0.39 is 0 Å². The Morgan fingerprint density at radius 3 is 2.55 bits per heavy atom. The van der Waals surface area contributed by atoms with Crippen LogP contribution in [0.2, 0.25) is 5.02 Å². The molecule has 2 aromatic carbocycles. The van der Waals surface area contributed by atoms with Gasteiger partial charge in [0.25, 0.3) is 0 Å². The Bertz CT molecular complexity index is 623. The average Bonchev–Trinajstić information content (AvgIpc) is 2.42. The van der Waals surface area contributed by atoms with E-state index in [0.29, 0.717) is 5.96 Å². The Labute approximate surface area is 129 Å². The van der Waals surface area contributed by atoms with Crippen molar-refractivity contribution in [1.29, 1.82) is 0 Å². The molecule has 2 N–H and O–H groups in total. The van der Waals surface area contributed by atoms with Crippen LogP contribution in [0.4, 0.5) is 5.69 Å². The third-order valence-electron chi connectivity index (χ3n) is 3.20. The van der Waals surface area contributed by atoms with Crippen molar-refractivity contribution in [3.63, 3.8) is 0 Å². The number of aliphatic imine (C=N–C) groups is 1. The fraction of sp³-hybridized carbons (Fsp3) is 0.133. The minimum absolute atomic E-state index is 0. The Balaban J connectivity index is 0.00000147. The number of nitrogens with two attached hydrogens (primary N) is 1. The van der Waals surface area contributed by atoms with Gasteiger partial charge in [-0.15, -0.1) is 12.4 Å². The lowest BCUT2D eigenvalue weighted by Crippen LogP contribution is -2.38. The second-order valence-corrected chi connectivity index (χ2v) is 5.02. The summed E-state index contributed by atoms with van der Waals surface area (Å²) >= 11 is 5.89. The topological polar surface area (TPSA) is 41.6 Å². The monoisotopic (exact) mass is 307 g/mol. The van der Waals surface area contributed by atoms with Crippen molar-refractivity contribution < 1.29 is 0 Å². The van der Waals surface area contributed by atoms with Crippen LogP contribution in [-0.4, -0.2) is 10.9 Å². The first-order valence-electron chi connectivity index (χ1n) is 6.14. The van der Waals surface area contributed by atoms with Crippen LogP contribution in [0.15, 0.2) is 53.5 Å². The van der Waals surface area contributed by atoms with Gasteiger partial charge in [0, 0.05) is 18.1 Å². The Kier molecular flexibility index (Phi) is 4.53. The highest BCUT2D eigenvalue weighted by Gasteiger charge is 2.17. The first-order valence-corrected chi connectivity index (χ1v) is 6.51. The summed E-state index contributed by atoms with van der Waals surface area (Å²) in [6, 6.07) is 15.9. The van der Waals surface area contributed by atoms with Crippen LogP contribution in [0.5, 0.6) is 0 Å². The normalized spacial score (nSPS) is 13.2. The smallest absolute Gasteiger partial charge is 0.197 e. The summed E-state index contributed by atoms with van der Waals surface area (Å²) < 4.78 is 0. The molecule has 0 radical (unpaired) electrons. The molecule has 0 saturated carbocycles. The second kappa shape index (κ2) is 6.16. The lowest BCUT2D eigenvalue weighted by Gasteiger charge is -2.28. The first-order chi connectivity index (χ1) is 9.22. The van der Waals surface area contributed by atoms with Gasteiger partial charge < -0.3 is 10.6 Å². The van der Waals surface area contributed by atoms with Gasteiger partial charge in [0.2, 0.25) is 0 Å². The molecule has 0 aromatic heterocycles. The van der Waals surface area contributed by atoms with E-state index in [1.807, 2.05) is 42.5 Å². The van der Waals surface area contributed by atoms with Crippen LogP contribution < -0.4 is 5.73 Å². The predicted octanol–water partition coefficient (Wildman–Crippen LogP) is 3.72. The van der Waals surface area contributed by atoms with Gasteiger partial charge in [0.15, 0.2) is 5.96 Å². The van der Waals surface area contributed by atoms with Gasteiger partial charge in [-0.1, -0.05) is 41.9 Å². The zero-order valence-corrected chi connectivity index (χ0v) is 12.4. The number of hydrogen-bond donors (Lipinski definition) is 1. The molecular weight excluding hydrogens is 293 g/mol. The maximum atomic E-state index is 6.02. The molecule has 3 nitrogen and oxygen atoms in total. The maximum Gasteiger partial charge on any atom is 0.197 e. The van der Waals surface area contributed by atoms with Gasteiger partial charge >= 0.3 is 0 Å². The molecule has 0 fully saturated rings. The number of guanidine groups is 1. The number of hydrogen-bond acceptors (Lipinski definition) is 3. The van der Waals surface area contributed by atoms with E-state index in [9.17, 15) is 0 Å². The van der Waals surface area contributed by atoms with E-state index in [1.165, 1.54) is 11.1 Å². The molecule has 20 heavy (non-hydrogen) atoms. The van der Waals surface area contributed by atoms with Crippen LogP contribution in [-0.2, 0) is 13.1 Å². The van der Waals surface area contributed by atoms with Gasteiger partial charge in [-0.25, -0.2) is 4.99 Å². The molecule has 1 aliphatic heterocycles. The summed E-state index contributed by atoms with van der Waals surface area (Å²) in [5, 5.41) is 0.745. The lowest BCUT2D eigenvalue weighted by molar-refractivity contribution is 0.396. The Morgan fingerprint density at radius 1 is 1.10 bits per heavy atom. The maximum absolute atomic E-state index is 6.02. The van der Waals surface area contributed by atoms with Gasteiger partial charge in [0.1, 0.15) is 0 Å². The molecule has 5 heteroatoms. The molecule has 1 heterocycles. The van der Waals surface area contributed by atoms with Gasteiger partial charge in [0.05, 0.1) is 5.69 Å². The number of nitrogens with zero attached hydrogens (tertiary/aromatic N) is 2. The molecule has 104 valence electrons. The standard InChI is InChI=1S/C15H14ClN3.ClH/c16-13-7-5-11(6-8-13)9-19-10-12-3-1-2-4-14(12)18-15(19)17;/h1-8H,9-10H2,(H2,17,18);1H. The molecular formula is C15H15Cl2N3. The fourth-order valence-electron chi connectivity index (χ4n) is 2.18. The van der Waals surface area contributed by atoms with Crippen molar-refractivity contribution in [1.82, 2.24) is 4.90 Å². The summed E-state index contributed by atoms with van der Waals surface area (Å²) in [5.74, 6) is 0.564. The number of halogens is 2. The molecule has 0 amide bonds. The van der Waals surface area contributed by atoms with Crippen molar-refractivity contribution in [2.24, 2.45) is 10.7 Å². The summed E-state index contributed by atoms with van der Waals surface area (Å²) in [6.45, 7) is 1.52. The first kappa shape index (κ1) is 14.7. The van der Waals surface area contributed by atoms with Crippen molar-refractivity contribution >= 4 is 35.7 Å². The molecule has 0 atom stereocenters. The number of fused-ring (bicyclic) bond motifs is 1. The number of benzene rings is 2. The minimum Gasteiger partial charge on any atom is -0.369 e. The average molecular weight is 308 g/mol. The molecule has 0 bridgehead atoms. The van der Waals surface area contributed by atoms with E-state index in [-0.39, 0.29) is 12.4 Å². The minimum atomic E-state index is 0. The van der Waals surface area contributed by atoms with Crippen LogP contribution in [0.3, 0.4) is 0 Å². The highest BCUT2D eigenvalue weighted by molar-refractivity contribution is 6.30. The fourth-order valence-corrected chi connectivity index (χ4v) is 2.31. The molecule has 2 aromatic rings. The van der Waals surface area contributed by atoms with Crippen LogP contribution >= 0.6 is 24.0 Å². The summed E-state index contributed by atoms with van der Waals surface area (Å²) in [6.07, 6.45) is 0. The van der Waals surface area contributed by atoms with Crippen molar-refractivity contribution in [3.8, 4) is 0 Å². The summed E-state index contributed by atoms with van der Waals surface area (Å²) in [7, 11) is 0. The second-order valence-electron chi connectivity index (χ2n) is 4.58. The highest BCUT2D eigenvalue weighted by Crippen LogP contribution is 2.25. The SMILES string of the molecule is Cl.NC1=Nc2ccccc2CN1Cc1ccc(Cl)cc1. The molecule has 3 rings (SSSR count). The zero-order valence-electron chi connectivity index (χ0n) is 10.8. The van der Waals surface area contributed by atoms with Crippen LogP contribution in [0.25, 0.3) is 0 Å². The molecule has 0 spiro atoms. The van der Waals surface area contributed by atoms with E-state index >= 15 is 0 Å². The third kappa shape index (κ3) is 3.06. The van der Waals surface area contributed by atoms with Crippen LogP contribution in [0, 0.1) is 0 Å². The van der Waals surface area contributed by atoms with Crippen molar-refractivity contribution in [3.05, 3.63) is 64.7 Å². The van der Waals surface area contributed by atoms with Crippen molar-refractivity contribution in [2.75, 3.05) is 0 Å². The van der Waals surface area contributed by atoms with E-state index in [1.54, 1.807) is 0 Å². The van der Waals surface area contributed by atoms with E-state index in [0.717, 1.165) is 23.8 Å². The summed E-state index contributed by atoms with van der Waals surface area (Å²) in [4.78, 5) is 6.50. The predicted molar refractivity (Wildman–Crippen MR) is 85.7 cm³/mol. The molecule has 0 aliphatic carbocycles. The Morgan fingerprint density at radius 2 is 1.80 bits per heavy atom. The van der Waals surface area contributed by atoms with Crippen LogP contribution in [0.1, 0.15) is 11.1 Å². The highest BCUT2D eigenvalue weighted by atomic mass is 35.5. The zero-order chi connectivity index (χ0) is 13.2. The number of rotatable bonds is 2. The molecule has 1 aliphatic rings. The summed E-state index contributed by atoms with van der Waals surface area (Å²) in [5.41, 5.74) is 9.35. The van der Waals surface area contributed by atoms with Crippen molar-refractivity contribution in [2.45, 2.75) is 13.1 Å². The van der Waals surface area contributed by atoms with E-state index in [4.69, 9.17) is 17.3 Å². The van der Waals surface area contributed by atoms with Gasteiger partial charge in [-0.2, -0.15) is 0 Å². The number of para-hydroxylation sites is 1. The lowest BCUT2D eigenvalue weighted by atomic mass is 10.1. The quantitative estimate of drug-likeness (QED) is 0.918. The largest absolute Gasteiger partial charge is 0.369 e. The molecule has 0 unspecified atom stereocenters. The van der Waals surface area contributed by atoms with Gasteiger partial charge in [-0.3, -0.25) is 0 Å². The third-order valence-corrected chi connectivity index (χ3v) is 3.45. The Hall–Kier alpha value is -1.71. The van der Waals surface area contributed by atoms with Gasteiger partial charge in [-0.05, 0) is 29.3 Å².